The number of aromatic nitrogens is 2. The molecule has 0 spiro atoms. The molecule has 1 amide bonds. The van der Waals surface area contributed by atoms with Crippen molar-refractivity contribution >= 4 is 35.1 Å². The Hall–Kier alpha value is -2.67. The molecule has 0 unspecified atom stereocenters. The van der Waals surface area contributed by atoms with Gasteiger partial charge in [0.05, 0.1) is 25.5 Å². The predicted molar refractivity (Wildman–Crippen MR) is 95.0 cm³/mol. The van der Waals surface area contributed by atoms with Crippen molar-refractivity contribution in [1.82, 2.24) is 15.1 Å². The molecule has 0 radical (unpaired) electrons. The minimum absolute atomic E-state index is 0.0237. The molecule has 0 aliphatic rings. The number of nitrogens with zero attached hydrogens (tertiary/aromatic N) is 3. The lowest BCUT2D eigenvalue weighted by Gasteiger charge is -2.09. The zero-order valence-corrected chi connectivity index (χ0v) is 14.6. The number of ether oxygens (including phenoxy) is 1. The first-order valence-corrected chi connectivity index (χ1v) is 7.89. The van der Waals surface area contributed by atoms with Gasteiger partial charge in [0.1, 0.15) is 11.3 Å². The summed E-state index contributed by atoms with van der Waals surface area (Å²) >= 11 is 6.03. The molecule has 0 fully saturated rings. The van der Waals surface area contributed by atoms with Crippen LogP contribution in [0, 0.1) is 6.92 Å². The van der Waals surface area contributed by atoms with E-state index >= 15 is 0 Å². The third-order valence-electron chi connectivity index (χ3n) is 3.33. The Labute approximate surface area is 150 Å². The summed E-state index contributed by atoms with van der Waals surface area (Å²) in [5.74, 6) is -0.113. The molecule has 0 saturated carbocycles. The number of amides is 1. The molecule has 6 nitrogen and oxygen atoms in total. The second-order valence-corrected chi connectivity index (χ2v) is 5.62. The van der Waals surface area contributed by atoms with Crippen LogP contribution in [0.2, 0.25) is 5.02 Å². The van der Waals surface area contributed by atoms with Crippen LogP contribution in [-0.4, -0.2) is 34.7 Å². The number of aryl methyl sites for hydroxylation is 1. The van der Waals surface area contributed by atoms with Crippen molar-refractivity contribution in [2.45, 2.75) is 13.3 Å². The maximum atomic E-state index is 12.6. The highest BCUT2D eigenvalue weighted by Crippen LogP contribution is 2.24. The number of halogens is 2. The van der Waals surface area contributed by atoms with Gasteiger partial charge in [0.25, 0.3) is 5.91 Å². The molecule has 2 rings (SSSR count). The van der Waals surface area contributed by atoms with E-state index < -0.39 is 5.91 Å². The number of benzene rings is 1. The number of rotatable bonds is 7. The topological polar surface area (TPSA) is 67.4 Å². The molecule has 0 aliphatic carbocycles. The Morgan fingerprint density at radius 2 is 2.28 bits per heavy atom. The molecule has 1 aromatic carbocycles. The molecule has 25 heavy (non-hydrogen) atoms. The van der Waals surface area contributed by atoms with Gasteiger partial charge in [0.2, 0.25) is 0 Å². The molecule has 8 heteroatoms. The van der Waals surface area contributed by atoms with Crippen LogP contribution in [0.1, 0.15) is 17.5 Å². The summed E-state index contributed by atoms with van der Waals surface area (Å²) in [5, 5.41) is 3.59. The quantitative estimate of drug-likeness (QED) is 0.458. The van der Waals surface area contributed by atoms with Gasteiger partial charge in [-0.3, -0.25) is 4.79 Å². The van der Waals surface area contributed by atoms with Gasteiger partial charge in [-0.15, -0.1) is 0 Å². The SMILES string of the molecule is Cc1ccc(Nc2ncncc2Cl)cc1/C=C/OCCC(=O)N(C)F. The van der Waals surface area contributed by atoms with Crippen LogP contribution in [-0.2, 0) is 9.53 Å². The Morgan fingerprint density at radius 1 is 1.48 bits per heavy atom. The standard InChI is InChI=1S/C17H18ClFN4O2/c1-12-3-4-14(22-17-15(18)10-20-11-21-17)9-13(12)5-7-25-8-6-16(24)23(2)19/h3-5,7,9-11H,6,8H2,1-2H3,(H,20,21,22)/b7-5+. The van der Waals surface area contributed by atoms with Gasteiger partial charge in [-0.05, 0) is 36.3 Å². The van der Waals surface area contributed by atoms with E-state index in [1.165, 1.54) is 18.8 Å². The van der Waals surface area contributed by atoms with Crippen molar-refractivity contribution in [2.24, 2.45) is 0 Å². The van der Waals surface area contributed by atoms with Crippen molar-refractivity contribution in [1.29, 1.82) is 0 Å². The number of nitrogens with one attached hydrogen (secondary N) is 1. The van der Waals surface area contributed by atoms with E-state index in [9.17, 15) is 9.28 Å². The first-order chi connectivity index (χ1) is 12.0. The highest BCUT2D eigenvalue weighted by atomic mass is 35.5. The number of hydrogen-bond donors (Lipinski definition) is 1. The number of anilines is 2. The van der Waals surface area contributed by atoms with Crippen LogP contribution >= 0.6 is 11.6 Å². The number of carbonyl (C=O) groups is 1. The van der Waals surface area contributed by atoms with Gasteiger partial charge < -0.3 is 10.1 Å². The largest absolute Gasteiger partial charge is 0.501 e. The first kappa shape index (κ1) is 18.7. The molecule has 0 aliphatic heterocycles. The molecule has 0 atom stereocenters. The monoisotopic (exact) mass is 364 g/mol. The van der Waals surface area contributed by atoms with Crippen LogP contribution in [0.5, 0.6) is 0 Å². The summed E-state index contributed by atoms with van der Waals surface area (Å²) in [7, 11) is 1.06. The minimum Gasteiger partial charge on any atom is -0.501 e. The zero-order chi connectivity index (χ0) is 18.2. The molecule has 1 heterocycles. The molecule has 1 aromatic heterocycles. The molecule has 1 N–H and O–H groups in total. The first-order valence-electron chi connectivity index (χ1n) is 7.51. The lowest BCUT2D eigenvalue weighted by molar-refractivity contribution is -0.143. The van der Waals surface area contributed by atoms with Crippen molar-refractivity contribution in [3.05, 3.63) is 53.1 Å². The summed E-state index contributed by atoms with van der Waals surface area (Å²) in [6.07, 6.45) is 6.15. The Morgan fingerprint density at radius 3 is 3.00 bits per heavy atom. The smallest absolute Gasteiger partial charge is 0.253 e. The summed E-state index contributed by atoms with van der Waals surface area (Å²) in [5.41, 5.74) is 2.77. The van der Waals surface area contributed by atoms with Crippen molar-refractivity contribution in [2.75, 3.05) is 19.0 Å². The van der Waals surface area contributed by atoms with Gasteiger partial charge in [0, 0.05) is 12.7 Å². The van der Waals surface area contributed by atoms with Crippen molar-refractivity contribution < 1.29 is 14.0 Å². The van der Waals surface area contributed by atoms with E-state index in [0.717, 1.165) is 23.9 Å². The van der Waals surface area contributed by atoms with Crippen LogP contribution in [0.3, 0.4) is 0 Å². The van der Waals surface area contributed by atoms with Gasteiger partial charge in [-0.2, -0.15) is 5.12 Å². The predicted octanol–water partition coefficient (Wildman–Crippen LogP) is 3.90. The van der Waals surface area contributed by atoms with Crippen LogP contribution in [0.4, 0.5) is 16.0 Å². The lowest BCUT2D eigenvalue weighted by Crippen LogP contribution is -2.18. The molecule has 0 bridgehead atoms. The Kier molecular flexibility index (Phi) is 6.71. The lowest BCUT2D eigenvalue weighted by atomic mass is 10.1. The molecule has 132 valence electrons. The normalized spacial score (nSPS) is 10.7. The van der Waals surface area contributed by atoms with Crippen LogP contribution in [0.15, 0.2) is 37.0 Å². The van der Waals surface area contributed by atoms with Crippen LogP contribution < -0.4 is 5.32 Å². The van der Waals surface area contributed by atoms with E-state index in [2.05, 4.69) is 15.3 Å². The average Bonchev–Trinajstić information content (AvgIpc) is 2.59. The molecule has 0 saturated heterocycles. The Bertz CT molecular complexity index is 768. The maximum Gasteiger partial charge on any atom is 0.253 e. The zero-order valence-electron chi connectivity index (χ0n) is 13.9. The fourth-order valence-electron chi connectivity index (χ4n) is 1.93. The number of carbonyl (C=O) groups excluding carboxylic acids is 1. The molecular weight excluding hydrogens is 347 g/mol. The van der Waals surface area contributed by atoms with E-state index in [1.54, 1.807) is 6.08 Å². The van der Waals surface area contributed by atoms with E-state index in [-0.39, 0.29) is 18.1 Å². The van der Waals surface area contributed by atoms with Crippen LogP contribution in [0.25, 0.3) is 6.08 Å². The highest BCUT2D eigenvalue weighted by molar-refractivity contribution is 6.32. The van der Waals surface area contributed by atoms with Crippen molar-refractivity contribution in [3.63, 3.8) is 0 Å². The summed E-state index contributed by atoms with van der Waals surface area (Å²) < 4.78 is 17.8. The summed E-state index contributed by atoms with van der Waals surface area (Å²) in [6, 6.07) is 5.76. The number of hydrogen-bond acceptors (Lipinski definition) is 5. The second kappa shape index (κ2) is 8.98. The molecular formula is C17H18ClFN4O2. The second-order valence-electron chi connectivity index (χ2n) is 5.21. The van der Waals surface area contributed by atoms with Gasteiger partial charge in [-0.25, -0.2) is 9.97 Å². The maximum absolute atomic E-state index is 12.6. The summed E-state index contributed by atoms with van der Waals surface area (Å²) in [4.78, 5) is 19.0. The van der Waals surface area contributed by atoms with E-state index in [4.69, 9.17) is 16.3 Å². The van der Waals surface area contributed by atoms with Gasteiger partial charge >= 0.3 is 0 Å². The van der Waals surface area contributed by atoms with Crippen molar-refractivity contribution in [3.8, 4) is 0 Å². The average molecular weight is 365 g/mol. The van der Waals surface area contributed by atoms with E-state index in [0.29, 0.717) is 10.8 Å². The fraction of sp³-hybridized carbons (Fsp3) is 0.235. The summed E-state index contributed by atoms with van der Waals surface area (Å²) in [6.45, 7) is 2.07. The van der Waals surface area contributed by atoms with Gasteiger partial charge in [0.15, 0.2) is 5.82 Å². The third kappa shape index (κ3) is 5.72. The fourth-order valence-corrected chi connectivity index (χ4v) is 2.08. The third-order valence-corrected chi connectivity index (χ3v) is 3.61. The minimum atomic E-state index is -0.627. The highest BCUT2D eigenvalue weighted by Gasteiger charge is 2.06. The van der Waals surface area contributed by atoms with Gasteiger partial charge in [-0.1, -0.05) is 22.1 Å². The Balaban J connectivity index is 1.98. The van der Waals surface area contributed by atoms with E-state index in [1.807, 2.05) is 25.1 Å². The molecule has 2 aromatic rings.